The second kappa shape index (κ2) is 9.03. The van der Waals surface area contributed by atoms with E-state index in [1.807, 2.05) is 9.80 Å². The molecule has 0 spiro atoms. The number of benzene rings is 2. The summed E-state index contributed by atoms with van der Waals surface area (Å²) < 4.78 is 11.0. The molecular weight excluding hydrogens is 367 g/mol. The molecule has 29 heavy (non-hydrogen) atoms. The van der Waals surface area contributed by atoms with Crippen molar-refractivity contribution in [2.45, 2.75) is 25.7 Å². The number of nitrogens with zero attached hydrogens (tertiary/aromatic N) is 2. The fourth-order valence-electron chi connectivity index (χ4n) is 3.69. The van der Waals surface area contributed by atoms with Crippen molar-refractivity contribution in [2.24, 2.45) is 0 Å². The standard InChI is InChI=1S/C22H24BN2O4/c26-21(24-13-1-2-14-24)17-5-9-19(10-6-17)28-23-29-20-11-7-18(8-12-20)22(27)25-15-3-4-16-25/h5-12H,1-4,13-16H2. The van der Waals surface area contributed by atoms with Gasteiger partial charge in [-0.1, -0.05) is 0 Å². The first-order chi connectivity index (χ1) is 14.2. The fourth-order valence-corrected chi connectivity index (χ4v) is 3.69. The molecule has 2 fully saturated rings. The molecule has 0 atom stereocenters. The summed E-state index contributed by atoms with van der Waals surface area (Å²) in [6.45, 7) is 3.34. The summed E-state index contributed by atoms with van der Waals surface area (Å²) >= 11 is 0. The predicted molar refractivity (Wildman–Crippen MR) is 110 cm³/mol. The number of hydrogen-bond acceptors (Lipinski definition) is 4. The molecule has 2 aliphatic heterocycles. The van der Waals surface area contributed by atoms with Crippen molar-refractivity contribution < 1.29 is 18.9 Å². The lowest BCUT2D eigenvalue weighted by Crippen LogP contribution is -2.27. The number of amides is 2. The lowest BCUT2D eigenvalue weighted by molar-refractivity contribution is 0.0785. The van der Waals surface area contributed by atoms with Crippen LogP contribution in [0, 0.1) is 0 Å². The number of carbonyl (C=O) groups is 2. The van der Waals surface area contributed by atoms with Gasteiger partial charge in [0.15, 0.2) is 0 Å². The molecule has 0 unspecified atom stereocenters. The van der Waals surface area contributed by atoms with E-state index in [9.17, 15) is 9.59 Å². The molecule has 6 nitrogen and oxygen atoms in total. The Bertz CT molecular complexity index is 771. The molecule has 0 saturated carbocycles. The molecule has 0 aliphatic carbocycles. The van der Waals surface area contributed by atoms with Gasteiger partial charge in [0, 0.05) is 37.3 Å². The number of rotatable bonds is 6. The van der Waals surface area contributed by atoms with Gasteiger partial charge in [-0.2, -0.15) is 0 Å². The smallest absolute Gasteiger partial charge is 0.526 e. The van der Waals surface area contributed by atoms with Crippen molar-refractivity contribution in [2.75, 3.05) is 26.2 Å². The lowest BCUT2D eigenvalue weighted by Gasteiger charge is -2.15. The minimum Gasteiger partial charge on any atom is -0.526 e. The lowest BCUT2D eigenvalue weighted by atomic mass is 10.2. The van der Waals surface area contributed by atoms with Gasteiger partial charge in [-0.05, 0) is 74.2 Å². The van der Waals surface area contributed by atoms with Crippen LogP contribution < -0.4 is 9.31 Å². The maximum Gasteiger partial charge on any atom is 0.658 e. The third-order valence-corrected chi connectivity index (χ3v) is 5.36. The summed E-state index contributed by atoms with van der Waals surface area (Å²) in [7, 11) is 1.24. The Morgan fingerprint density at radius 2 is 0.966 bits per heavy atom. The van der Waals surface area contributed by atoms with Crippen molar-refractivity contribution in [1.82, 2.24) is 9.80 Å². The van der Waals surface area contributed by atoms with Crippen molar-refractivity contribution in [1.29, 1.82) is 0 Å². The van der Waals surface area contributed by atoms with Crippen molar-refractivity contribution in [3.63, 3.8) is 0 Å². The molecule has 0 bridgehead atoms. The fraction of sp³-hybridized carbons (Fsp3) is 0.364. The predicted octanol–water partition coefficient (Wildman–Crippen LogP) is 3.15. The van der Waals surface area contributed by atoms with E-state index < -0.39 is 0 Å². The largest absolute Gasteiger partial charge is 0.658 e. The Balaban J connectivity index is 1.25. The van der Waals surface area contributed by atoms with Crippen LogP contribution in [0.1, 0.15) is 46.4 Å². The average Bonchev–Trinajstić information content (AvgIpc) is 3.48. The minimum atomic E-state index is 0.0675. The zero-order valence-electron chi connectivity index (χ0n) is 16.4. The van der Waals surface area contributed by atoms with Crippen molar-refractivity contribution in [3.05, 3.63) is 59.7 Å². The van der Waals surface area contributed by atoms with E-state index in [1.54, 1.807) is 48.5 Å². The summed E-state index contributed by atoms with van der Waals surface area (Å²) in [5.74, 6) is 1.31. The van der Waals surface area contributed by atoms with E-state index in [-0.39, 0.29) is 11.8 Å². The van der Waals surface area contributed by atoms with Crippen LogP contribution in [-0.4, -0.2) is 55.5 Å². The molecular formula is C22H24BN2O4. The van der Waals surface area contributed by atoms with Gasteiger partial charge in [0.25, 0.3) is 11.8 Å². The molecule has 1 radical (unpaired) electrons. The van der Waals surface area contributed by atoms with Crippen LogP contribution >= 0.6 is 0 Å². The Hall–Kier alpha value is -2.96. The Labute approximate surface area is 171 Å². The van der Waals surface area contributed by atoms with Gasteiger partial charge >= 0.3 is 7.69 Å². The van der Waals surface area contributed by atoms with Crippen molar-refractivity contribution in [3.8, 4) is 11.5 Å². The zero-order chi connectivity index (χ0) is 20.1. The van der Waals surface area contributed by atoms with Crippen LogP contribution in [0.5, 0.6) is 11.5 Å². The Morgan fingerprint density at radius 1 is 0.621 bits per heavy atom. The van der Waals surface area contributed by atoms with Crippen LogP contribution in [0.2, 0.25) is 0 Å². The first-order valence-electron chi connectivity index (χ1n) is 10.1. The molecule has 2 aromatic rings. The van der Waals surface area contributed by atoms with Crippen molar-refractivity contribution >= 4 is 19.5 Å². The Kier molecular flexibility index (Phi) is 6.03. The van der Waals surface area contributed by atoms with Crippen LogP contribution in [0.3, 0.4) is 0 Å². The van der Waals surface area contributed by atoms with Gasteiger partial charge in [-0.3, -0.25) is 9.59 Å². The normalized spacial score (nSPS) is 16.0. The van der Waals surface area contributed by atoms with E-state index in [0.717, 1.165) is 51.9 Å². The maximum atomic E-state index is 12.3. The second-order valence-corrected chi connectivity index (χ2v) is 7.38. The molecule has 0 N–H and O–H groups in total. The van der Waals surface area contributed by atoms with Gasteiger partial charge < -0.3 is 19.1 Å². The molecule has 2 saturated heterocycles. The zero-order valence-corrected chi connectivity index (χ0v) is 16.4. The highest BCUT2D eigenvalue weighted by Gasteiger charge is 2.20. The van der Waals surface area contributed by atoms with Crippen LogP contribution in [0.15, 0.2) is 48.5 Å². The molecule has 4 rings (SSSR count). The summed E-state index contributed by atoms with van der Waals surface area (Å²) in [6, 6.07) is 14.1. The maximum absolute atomic E-state index is 12.3. The topological polar surface area (TPSA) is 59.1 Å². The van der Waals surface area contributed by atoms with E-state index in [2.05, 4.69) is 0 Å². The SMILES string of the molecule is O=C(c1ccc(O[B]Oc2ccc(C(=O)N3CCCC3)cc2)cc1)N1CCCC1. The van der Waals surface area contributed by atoms with E-state index in [1.165, 1.54) is 7.69 Å². The van der Waals surface area contributed by atoms with E-state index >= 15 is 0 Å². The summed E-state index contributed by atoms with van der Waals surface area (Å²) in [4.78, 5) is 28.4. The highest BCUT2D eigenvalue weighted by molar-refractivity contribution is 6.20. The third-order valence-electron chi connectivity index (χ3n) is 5.36. The van der Waals surface area contributed by atoms with Crippen LogP contribution in [0.25, 0.3) is 0 Å². The van der Waals surface area contributed by atoms with Gasteiger partial charge in [0.2, 0.25) is 0 Å². The van der Waals surface area contributed by atoms with Gasteiger partial charge in [0.05, 0.1) is 0 Å². The van der Waals surface area contributed by atoms with Gasteiger partial charge in [-0.25, -0.2) is 0 Å². The number of carbonyl (C=O) groups excluding carboxylic acids is 2. The number of likely N-dealkylation sites (tertiary alicyclic amines) is 2. The van der Waals surface area contributed by atoms with Gasteiger partial charge in [0.1, 0.15) is 11.5 Å². The second-order valence-electron chi connectivity index (χ2n) is 7.38. The summed E-state index contributed by atoms with van der Waals surface area (Å²) in [5.41, 5.74) is 1.33. The first-order valence-corrected chi connectivity index (χ1v) is 10.1. The minimum absolute atomic E-state index is 0.0675. The van der Waals surface area contributed by atoms with Crippen LogP contribution in [-0.2, 0) is 0 Å². The molecule has 2 amide bonds. The summed E-state index contributed by atoms with van der Waals surface area (Å²) in [6.07, 6.45) is 4.30. The monoisotopic (exact) mass is 391 g/mol. The molecule has 0 aromatic heterocycles. The van der Waals surface area contributed by atoms with Crippen LogP contribution in [0.4, 0.5) is 0 Å². The molecule has 7 heteroatoms. The molecule has 2 aromatic carbocycles. The molecule has 2 heterocycles. The first kappa shape index (κ1) is 19.4. The van der Waals surface area contributed by atoms with E-state index in [4.69, 9.17) is 9.31 Å². The third kappa shape index (κ3) is 4.73. The van der Waals surface area contributed by atoms with Gasteiger partial charge in [-0.15, -0.1) is 0 Å². The average molecular weight is 391 g/mol. The highest BCUT2D eigenvalue weighted by Crippen LogP contribution is 2.18. The molecule has 2 aliphatic rings. The summed E-state index contributed by atoms with van der Waals surface area (Å²) in [5, 5.41) is 0. The molecule has 149 valence electrons. The quantitative estimate of drug-likeness (QED) is 0.710. The number of hydrogen-bond donors (Lipinski definition) is 0. The Morgan fingerprint density at radius 3 is 1.31 bits per heavy atom. The van der Waals surface area contributed by atoms with E-state index in [0.29, 0.717) is 22.6 Å². The highest BCUT2D eigenvalue weighted by atomic mass is 16.6.